The number of ether oxygens (including phenoxy) is 2. The number of hydrogen-bond acceptors (Lipinski definition) is 4. The summed E-state index contributed by atoms with van der Waals surface area (Å²) in [6.45, 7) is 11.7. The van der Waals surface area contributed by atoms with E-state index in [4.69, 9.17) is 13.9 Å². The number of hydrogen-bond donors (Lipinski definition) is 0. The van der Waals surface area contributed by atoms with E-state index in [2.05, 4.69) is 88.0 Å². The van der Waals surface area contributed by atoms with Crippen LogP contribution in [-0.2, 0) is 18.7 Å². The summed E-state index contributed by atoms with van der Waals surface area (Å²) in [5, 5.41) is 2.51. The largest absolute Gasteiger partial charge is 0.469 e. The maximum absolute atomic E-state index is 11.5. The van der Waals surface area contributed by atoms with Gasteiger partial charge in [-0.3, -0.25) is 4.79 Å². The molecular weight excluding hydrogens is 416 g/mol. The van der Waals surface area contributed by atoms with Gasteiger partial charge in [-0.05, 0) is 40.2 Å². The molecule has 0 unspecified atom stereocenters. The normalized spacial score (nSPS) is 19.2. The quantitative estimate of drug-likeness (QED) is 0.316. The van der Waals surface area contributed by atoms with Crippen molar-refractivity contribution in [2.75, 3.05) is 13.7 Å². The molecule has 1 fully saturated rings. The van der Waals surface area contributed by atoms with Gasteiger partial charge in [-0.1, -0.05) is 88.0 Å². The Morgan fingerprint density at radius 3 is 2.09 bits per heavy atom. The number of carbonyl (C=O) groups is 1. The van der Waals surface area contributed by atoms with E-state index in [-0.39, 0.29) is 23.2 Å². The molecule has 5 heteroatoms. The second-order valence-electron chi connectivity index (χ2n) is 9.52. The summed E-state index contributed by atoms with van der Waals surface area (Å²) in [6.07, 6.45) is 2.59. The molecule has 0 aliphatic carbocycles. The number of benzene rings is 2. The topological polar surface area (TPSA) is 44.8 Å². The number of carbonyl (C=O) groups excluding carboxylic acids is 1. The zero-order valence-electron chi connectivity index (χ0n) is 19.8. The highest BCUT2D eigenvalue weighted by Gasteiger charge is 2.50. The van der Waals surface area contributed by atoms with Crippen LogP contribution in [0.2, 0.25) is 5.04 Å². The predicted octanol–water partition coefficient (Wildman–Crippen LogP) is 4.62. The first-order chi connectivity index (χ1) is 15.3. The van der Waals surface area contributed by atoms with Crippen molar-refractivity contribution >= 4 is 24.7 Å². The Morgan fingerprint density at radius 2 is 1.59 bits per heavy atom. The summed E-state index contributed by atoms with van der Waals surface area (Å²) >= 11 is 0. The van der Waals surface area contributed by atoms with Crippen LogP contribution >= 0.6 is 0 Å². The third-order valence-electron chi connectivity index (χ3n) is 6.32. The lowest BCUT2D eigenvalue weighted by Crippen LogP contribution is -2.66. The van der Waals surface area contributed by atoms with Gasteiger partial charge in [0.15, 0.2) is 0 Å². The maximum atomic E-state index is 11.5. The van der Waals surface area contributed by atoms with E-state index in [1.165, 1.54) is 17.5 Å². The van der Waals surface area contributed by atoms with Gasteiger partial charge in [-0.2, -0.15) is 0 Å². The highest BCUT2D eigenvalue weighted by Crippen LogP contribution is 2.37. The van der Waals surface area contributed by atoms with Crippen molar-refractivity contribution in [3.05, 3.63) is 72.8 Å². The SMILES string of the molecule is C=C1C[C@H](CCC(=O)OC)O[C@H]1CCO[Si](c1ccccc1)(c1ccccc1)C(C)(C)C. The predicted molar refractivity (Wildman–Crippen MR) is 132 cm³/mol. The van der Waals surface area contributed by atoms with Crippen molar-refractivity contribution in [3.63, 3.8) is 0 Å². The molecule has 0 bridgehead atoms. The van der Waals surface area contributed by atoms with Crippen molar-refractivity contribution in [1.29, 1.82) is 0 Å². The van der Waals surface area contributed by atoms with E-state index in [1.807, 2.05) is 0 Å². The minimum atomic E-state index is -2.54. The zero-order valence-corrected chi connectivity index (χ0v) is 20.8. The van der Waals surface area contributed by atoms with Gasteiger partial charge in [0.25, 0.3) is 8.32 Å². The van der Waals surface area contributed by atoms with E-state index in [9.17, 15) is 4.79 Å². The molecule has 0 saturated carbocycles. The van der Waals surface area contributed by atoms with Gasteiger partial charge in [0.2, 0.25) is 0 Å². The van der Waals surface area contributed by atoms with E-state index in [1.54, 1.807) is 0 Å². The van der Waals surface area contributed by atoms with Gasteiger partial charge in [0.1, 0.15) is 0 Å². The fraction of sp³-hybridized carbons (Fsp3) is 0.444. The van der Waals surface area contributed by atoms with Crippen LogP contribution in [0.25, 0.3) is 0 Å². The summed E-state index contributed by atoms with van der Waals surface area (Å²) in [6, 6.07) is 21.3. The van der Waals surface area contributed by atoms with Gasteiger partial charge < -0.3 is 13.9 Å². The van der Waals surface area contributed by atoms with Crippen LogP contribution in [0.5, 0.6) is 0 Å². The number of rotatable bonds is 9. The first kappa shape index (κ1) is 24.4. The van der Waals surface area contributed by atoms with Crippen LogP contribution < -0.4 is 10.4 Å². The number of esters is 1. The average Bonchev–Trinajstić information content (AvgIpc) is 3.14. The van der Waals surface area contributed by atoms with E-state index >= 15 is 0 Å². The number of methoxy groups -OCH3 is 1. The molecule has 0 spiro atoms. The van der Waals surface area contributed by atoms with Crippen LogP contribution in [0.1, 0.15) is 46.5 Å². The molecule has 32 heavy (non-hydrogen) atoms. The second kappa shape index (κ2) is 10.6. The van der Waals surface area contributed by atoms with Gasteiger partial charge in [-0.15, -0.1) is 0 Å². The monoisotopic (exact) mass is 452 g/mol. The van der Waals surface area contributed by atoms with Gasteiger partial charge in [0.05, 0.1) is 19.3 Å². The minimum absolute atomic E-state index is 0.0273. The van der Waals surface area contributed by atoms with Gasteiger partial charge in [-0.25, -0.2) is 0 Å². The fourth-order valence-corrected chi connectivity index (χ4v) is 9.28. The molecule has 0 radical (unpaired) electrons. The lowest BCUT2D eigenvalue weighted by atomic mass is 10.0. The van der Waals surface area contributed by atoms with Crippen molar-refractivity contribution in [3.8, 4) is 0 Å². The molecule has 0 amide bonds. The summed E-state index contributed by atoms with van der Waals surface area (Å²) in [7, 11) is -1.12. The van der Waals surface area contributed by atoms with Gasteiger partial charge in [0, 0.05) is 13.0 Å². The maximum Gasteiger partial charge on any atom is 0.305 e. The molecular formula is C27H36O4Si. The summed E-state index contributed by atoms with van der Waals surface area (Å²) in [5.74, 6) is -0.197. The fourth-order valence-electron chi connectivity index (χ4n) is 4.70. The van der Waals surface area contributed by atoms with E-state index in [0.29, 0.717) is 19.4 Å². The Kier molecular flexibility index (Phi) is 8.09. The molecule has 2 aromatic carbocycles. The molecule has 1 aliphatic heterocycles. The molecule has 0 N–H and O–H groups in total. The van der Waals surface area contributed by atoms with Gasteiger partial charge >= 0.3 is 5.97 Å². The van der Waals surface area contributed by atoms with Crippen LogP contribution in [0.3, 0.4) is 0 Å². The van der Waals surface area contributed by atoms with Crippen LogP contribution in [0.4, 0.5) is 0 Å². The Bertz CT molecular complexity index is 849. The molecule has 1 heterocycles. The van der Waals surface area contributed by atoms with E-state index < -0.39 is 8.32 Å². The highest BCUT2D eigenvalue weighted by molar-refractivity contribution is 6.99. The zero-order chi connectivity index (χ0) is 23.2. The third-order valence-corrected chi connectivity index (χ3v) is 11.4. The lowest BCUT2D eigenvalue weighted by molar-refractivity contribution is -0.141. The molecule has 0 aromatic heterocycles. The first-order valence-electron chi connectivity index (χ1n) is 11.4. The summed E-state index contributed by atoms with van der Waals surface area (Å²) < 4.78 is 17.9. The molecule has 3 rings (SSSR count). The Hall–Kier alpha value is -2.21. The first-order valence-corrected chi connectivity index (χ1v) is 13.3. The van der Waals surface area contributed by atoms with Crippen LogP contribution in [0.15, 0.2) is 72.8 Å². The molecule has 1 aliphatic rings. The van der Waals surface area contributed by atoms with Crippen molar-refractivity contribution in [2.45, 2.75) is 63.7 Å². The smallest absolute Gasteiger partial charge is 0.305 e. The molecule has 2 atom stereocenters. The minimum Gasteiger partial charge on any atom is -0.469 e. The summed E-state index contributed by atoms with van der Waals surface area (Å²) in [5.41, 5.74) is 1.09. The standard InChI is InChI=1S/C27H36O4Si/c1-21-20-22(16-17-26(28)29-5)31-25(21)18-19-30-32(27(2,3)4,23-12-8-6-9-13-23)24-14-10-7-11-15-24/h6-15,22,25H,1,16-20H2,2-5H3/t22-,25-/m0/s1. The lowest BCUT2D eigenvalue weighted by Gasteiger charge is -2.43. The van der Waals surface area contributed by atoms with Crippen LogP contribution in [-0.4, -0.2) is 40.2 Å². The van der Waals surface area contributed by atoms with Crippen molar-refractivity contribution in [1.82, 2.24) is 0 Å². The average molecular weight is 453 g/mol. The third kappa shape index (κ3) is 5.40. The van der Waals surface area contributed by atoms with Crippen molar-refractivity contribution in [2.24, 2.45) is 0 Å². The highest BCUT2D eigenvalue weighted by atomic mass is 28.4. The van der Waals surface area contributed by atoms with Crippen LogP contribution in [0, 0.1) is 0 Å². The molecule has 172 valence electrons. The van der Waals surface area contributed by atoms with Crippen molar-refractivity contribution < 1.29 is 18.7 Å². The van der Waals surface area contributed by atoms with E-state index in [0.717, 1.165) is 18.4 Å². The summed E-state index contributed by atoms with van der Waals surface area (Å²) in [4.78, 5) is 11.5. The molecule has 4 nitrogen and oxygen atoms in total. The second-order valence-corrected chi connectivity index (χ2v) is 13.8. The molecule has 1 saturated heterocycles. The Labute approximate surface area is 193 Å². The Morgan fingerprint density at radius 1 is 1.03 bits per heavy atom. The molecule has 2 aromatic rings. The Balaban J connectivity index is 1.76.